The first-order valence-electron chi connectivity index (χ1n) is 6.35. The van der Waals surface area contributed by atoms with Gasteiger partial charge in [-0.05, 0) is 36.1 Å². The van der Waals surface area contributed by atoms with Crippen molar-refractivity contribution < 1.29 is 8.42 Å². The number of hydrogen-bond donors (Lipinski definition) is 1. The third-order valence-electron chi connectivity index (χ3n) is 3.24. The van der Waals surface area contributed by atoms with Crippen molar-refractivity contribution in [2.24, 2.45) is 0 Å². The fraction of sp³-hybridized carbons (Fsp3) is 0.133. The second-order valence-corrected chi connectivity index (χ2v) is 7.55. The summed E-state index contributed by atoms with van der Waals surface area (Å²) in [5.74, 6) is 0. The lowest BCUT2D eigenvalue weighted by molar-refractivity contribution is 0.607. The number of fused-ring (bicyclic) bond motifs is 1. The van der Waals surface area contributed by atoms with Crippen LogP contribution in [0.2, 0.25) is 0 Å². The highest BCUT2D eigenvalue weighted by Gasteiger charge is 2.13. The topological polar surface area (TPSA) is 59.1 Å². The van der Waals surface area contributed by atoms with Crippen LogP contribution in [-0.4, -0.2) is 19.7 Å². The van der Waals surface area contributed by atoms with Crippen molar-refractivity contribution in [3.63, 3.8) is 0 Å². The predicted octanol–water partition coefficient (Wildman–Crippen LogP) is 3.64. The molecule has 3 rings (SSSR count). The van der Waals surface area contributed by atoms with Gasteiger partial charge in [-0.2, -0.15) is 0 Å². The molecule has 0 aliphatic rings. The summed E-state index contributed by atoms with van der Waals surface area (Å²) in [7, 11) is -3.29. The van der Waals surface area contributed by atoms with E-state index in [4.69, 9.17) is 0 Å². The molecule has 0 radical (unpaired) electrons. The highest BCUT2D eigenvalue weighted by atomic mass is 32.2. The van der Waals surface area contributed by atoms with Gasteiger partial charge in [-0.15, -0.1) is 11.3 Å². The molecule has 0 fully saturated rings. The minimum atomic E-state index is -3.29. The lowest BCUT2D eigenvalue weighted by atomic mass is 10.0. The molecule has 0 bridgehead atoms. The van der Waals surface area contributed by atoms with Gasteiger partial charge >= 0.3 is 0 Å². The molecule has 0 aliphatic heterocycles. The van der Waals surface area contributed by atoms with Crippen molar-refractivity contribution in [2.45, 2.75) is 6.92 Å². The van der Waals surface area contributed by atoms with Crippen LogP contribution in [0.4, 0.5) is 5.69 Å². The van der Waals surface area contributed by atoms with Crippen LogP contribution in [-0.2, 0) is 10.0 Å². The summed E-state index contributed by atoms with van der Waals surface area (Å²) in [6.07, 6.45) is 4.77. The second kappa shape index (κ2) is 5.13. The monoisotopic (exact) mass is 318 g/mol. The maximum atomic E-state index is 11.5. The van der Waals surface area contributed by atoms with Gasteiger partial charge < -0.3 is 0 Å². The van der Waals surface area contributed by atoms with Gasteiger partial charge in [-0.25, -0.2) is 8.42 Å². The van der Waals surface area contributed by atoms with Gasteiger partial charge in [0.15, 0.2) is 0 Å². The van der Waals surface area contributed by atoms with E-state index in [0.29, 0.717) is 5.69 Å². The zero-order chi connectivity index (χ0) is 15.0. The molecular formula is C15H14N2O2S2. The molecule has 2 heterocycles. The number of hydrogen-bond acceptors (Lipinski definition) is 4. The summed E-state index contributed by atoms with van der Waals surface area (Å²) in [4.78, 5) is 4.19. The van der Waals surface area contributed by atoms with Crippen molar-refractivity contribution in [3.05, 3.63) is 47.6 Å². The van der Waals surface area contributed by atoms with E-state index in [1.165, 1.54) is 0 Å². The van der Waals surface area contributed by atoms with Gasteiger partial charge in [0.05, 0.1) is 11.9 Å². The minimum Gasteiger partial charge on any atom is -0.283 e. The number of sulfonamides is 1. The molecule has 0 aliphatic carbocycles. The van der Waals surface area contributed by atoms with Crippen LogP contribution in [0.3, 0.4) is 0 Å². The molecule has 0 saturated heterocycles. The molecule has 2 aromatic heterocycles. The van der Waals surface area contributed by atoms with E-state index in [2.05, 4.69) is 9.71 Å². The van der Waals surface area contributed by atoms with Crippen LogP contribution in [0.5, 0.6) is 0 Å². The smallest absolute Gasteiger partial charge is 0.229 e. The standard InChI is InChI=1S/C15H14N2O2S2/c1-10-5-7-16-9-13(10)11-3-4-14(17-21(2,18)19)12-6-8-20-15(11)12/h3-9,17H,1-2H3. The van der Waals surface area contributed by atoms with Crippen molar-refractivity contribution in [1.82, 2.24) is 4.98 Å². The first-order valence-corrected chi connectivity index (χ1v) is 9.12. The Balaban J connectivity index is 2.22. The maximum Gasteiger partial charge on any atom is 0.229 e. The fourth-order valence-corrected chi connectivity index (χ4v) is 3.84. The van der Waals surface area contributed by atoms with Crippen LogP contribution in [0, 0.1) is 6.92 Å². The quantitative estimate of drug-likeness (QED) is 0.802. The van der Waals surface area contributed by atoms with Crippen LogP contribution in [0.25, 0.3) is 21.2 Å². The number of nitrogens with one attached hydrogen (secondary N) is 1. The second-order valence-electron chi connectivity index (χ2n) is 4.89. The Kier molecular flexibility index (Phi) is 3.43. The van der Waals surface area contributed by atoms with Crippen molar-refractivity contribution >= 4 is 37.1 Å². The van der Waals surface area contributed by atoms with Gasteiger partial charge in [0.2, 0.25) is 10.0 Å². The molecule has 6 heteroatoms. The number of nitrogens with zero attached hydrogens (tertiary/aromatic N) is 1. The Morgan fingerprint density at radius 1 is 1.14 bits per heavy atom. The summed E-state index contributed by atoms with van der Waals surface area (Å²) in [6.45, 7) is 2.04. The summed E-state index contributed by atoms with van der Waals surface area (Å²) < 4.78 is 26.5. The van der Waals surface area contributed by atoms with Crippen LogP contribution in [0.1, 0.15) is 5.56 Å². The number of aryl methyl sites for hydroxylation is 1. The average Bonchev–Trinajstić information content (AvgIpc) is 2.88. The average molecular weight is 318 g/mol. The molecule has 0 spiro atoms. The van der Waals surface area contributed by atoms with Crippen molar-refractivity contribution in [2.75, 3.05) is 11.0 Å². The molecule has 0 unspecified atom stereocenters. The van der Waals surface area contributed by atoms with Crippen LogP contribution in [0.15, 0.2) is 42.0 Å². The Morgan fingerprint density at radius 2 is 1.95 bits per heavy atom. The van der Waals surface area contributed by atoms with Crippen molar-refractivity contribution in [1.29, 1.82) is 0 Å². The van der Waals surface area contributed by atoms with E-state index >= 15 is 0 Å². The molecule has 21 heavy (non-hydrogen) atoms. The minimum absolute atomic E-state index is 0.610. The summed E-state index contributed by atoms with van der Waals surface area (Å²) in [6, 6.07) is 7.65. The Hall–Kier alpha value is -1.92. The molecule has 108 valence electrons. The predicted molar refractivity (Wildman–Crippen MR) is 88.3 cm³/mol. The fourth-order valence-electron chi connectivity index (χ4n) is 2.31. The van der Waals surface area contributed by atoms with E-state index in [-0.39, 0.29) is 0 Å². The van der Waals surface area contributed by atoms with Gasteiger partial charge in [0.1, 0.15) is 0 Å². The zero-order valence-corrected chi connectivity index (χ0v) is 13.3. The largest absolute Gasteiger partial charge is 0.283 e. The number of aromatic nitrogens is 1. The first-order chi connectivity index (χ1) is 9.96. The van der Waals surface area contributed by atoms with E-state index in [0.717, 1.165) is 33.0 Å². The summed E-state index contributed by atoms with van der Waals surface area (Å²) in [5, 5.41) is 2.87. The number of pyridine rings is 1. The molecule has 0 atom stereocenters. The molecule has 4 nitrogen and oxygen atoms in total. The SMILES string of the molecule is Cc1ccncc1-c1ccc(NS(C)(=O)=O)c2ccsc12. The van der Waals surface area contributed by atoms with Gasteiger partial charge in [-0.3, -0.25) is 9.71 Å². The lowest BCUT2D eigenvalue weighted by Crippen LogP contribution is -2.09. The number of anilines is 1. The van der Waals surface area contributed by atoms with Crippen LogP contribution >= 0.6 is 11.3 Å². The van der Waals surface area contributed by atoms with E-state index in [1.54, 1.807) is 23.6 Å². The summed E-state index contributed by atoms with van der Waals surface area (Å²) in [5.41, 5.74) is 3.89. The van der Waals surface area contributed by atoms with Crippen LogP contribution < -0.4 is 4.72 Å². The molecular weight excluding hydrogens is 304 g/mol. The normalized spacial score (nSPS) is 11.7. The van der Waals surface area contributed by atoms with Gasteiger partial charge in [0, 0.05) is 33.6 Å². The number of thiophene rings is 1. The lowest BCUT2D eigenvalue weighted by Gasteiger charge is -2.10. The Bertz CT molecular complexity index is 914. The summed E-state index contributed by atoms with van der Waals surface area (Å²) >= 11 is 1.60. The first kappa shape index (κ1) is 14.0. The molecule has 3 aromatic rings. The third kappa shape index (κ3) is 2.77. The Labute approximate surface area is 127 Å². The van der Waals surface area contributed by atoms with Gasteiger partial charge in [0.25, 0.3) is 0 Å². The third-order valence-corrected chi connectivity index (χ3v) is 4.78. The highest BCUT2D eigenvalue weighted by Crippen LogP contribution is 2.37. The number of benzene rings is 1. The van der Waals surface area contributed by atoms with Crippen molar-refractivity contribution in [3.8, 4) is 11.1 Å². The van der Waals surface area contributed by atoms with E-state index in [9.17, 15) is 8.42 Å². The molecule has 1 aromatic carbocycles. The molecule has 0 amide bonds. The molecule has 1 N–H and O–H groups in total. The Morgan fingerprint density at radius 3 is 2.67 bits per heavy atom. The zero-order valence-electron chi connectivity index (χ0n) is 11.6. The van der Waals surface area contributed by atoms with E-state index < -0.39 is 10.0 Å². The molecule has 0 saturated carbocycles. The highest BCUT2D eigenvalue weighted by molar-refractivity contribution is 7.92. The van der Waals surface area contributed by atoms with Gasteiger partial charge in [-0.1, -0.05) is 6.07 Å². The number of rotatable bonds is 3. The van der Waals surface area contributed by atoms with E-state index in [1.807, 2.05) is 36.7 Å². The maximum absolute atomic E-state index is 11.5.